The molecule has 1 aromatic heterocycles. The van der Waals surface area contributed by atoms with Crippen molar-refractivity contribution in [3.63, 3.8) is 0 Å². The topological polar surface area (TPSA) is 78.0 Å². The quantitative estimate of drug-likeness (QED) is 0.895. The molecule has 0 bridgehead atoms. The van der Waals surface area contributed by atoms with Gasteiger partial charge in [0.05, 0.1) is 11.4 Å². The molecule has 1 saturated carbocycles. The van der Waals surface area contributed by atoms with E-state index in [1.807, 2.05) is 18.2 Å². The Morgan fingerprint density at radius 2 is 1.95 bits per heavy atom. The smallest absolute Gasteiger partial charge is 0.284 e. The van der Waals surface area contributed by atoms with Gasteiger partial charge in [-0.25, -0.2) is 0 Å². The predicted molar refractivity (Wildman–Crippen MR) is 70.3 cm³/mol. The summed E-state index contributed by atoms with van der Waals surface area (Å²) in [5.41, 5.74) is 6.20. The van der Waals surface area contributed by atoms with E-state index in [1.165, 1.54) is 10.7 Å². The van der Waals surface area contributed by atoms with E-state index >= 15 is 0 Å². The van der Waals surface area contributed by atoms with Crippen molar-refractivity contribution in [3.05, 3.63) is 58.0 Å². The van der Waals surface area contributed by atoms with Crippen molar-refractivity contribution in [1.29, 1.82) is 0 Å². The maximum Gasteiger partial charge on any atom is 0.284 e. The van der Waals surface area contributed by atoms with Gasteiger partial charge in [0, 0.05) is 5.92 Å². The Kier molecular flexibility index (Phi) is 2.67. The molecule has 1 heterocycles. The third-order valence-corrected chi connectivity index (χ3v) is 3.19. The van der Waals surface area contributed by atoms with E-state index < -0.39 is 11.5 Å². The zero-order valence-corrected chi connectivity index (χ0v) is 10.2. The van der Waals surface area contributed by atoms with Gasteiger partial charge in [-0.3, -0.25) is 9.59 Å². The van der Waals surface area contributed by atoms with Crippen molar-refractivity contribution in [1.82, 2.24) is 9.78 Å². The highest BCUT2D eigenvalue weighted by molar-refractivity contribution is 5.92. The normalized spacial score (nSPS) is 14.3. The summed E-state index contributed by atoms with van der Waals surface area (Å²) in [7, 11) is 0. The van der Waals surface area contributed by atoms with Crippen LogP contribution < -0.4 is 11.3 Å². The van der Waals surface area contributed by atoms with E-state index in [1.54, 1.807) is 12.1 Å². The summed E-state index contributed by atoms with van der Waals surface area (Å²) < 4.78 is 1.26. The molecule has 19 heavy (non-hydrogen) atoms. The molecule has 5 nitrogen and oxygen atoms in total. The minimum Gasteiger partial charge on any atom is -0.365 e. The monoisotopic (exact) mass is 255 g/mol. The van der Waals surface area contributed by atoms with Crippen molar-refractivity contribution >= 4 is 5.91 Å². The first-order valence-electron chi connectivity index (χ1n) is 6.16. The second-order valence-electron chi connectivity index (χ2n) is 4.67. The molecule has 0 unspecified atom stereocenters. The van der Waals surface area contributed by atoms with E-state index in [0.717, 1.165) is 18.5 Å². The number of hydrogen-bond acceptors (Lipinski definition) is 3. The Bertz CT molecular complexity index is 688. The molecule has 2 N–H and O–H groups in total. The van der Waals surface area contributed by atoms with Crippen LogP contribution in [0.1, 0.15) is 34.8 Å². The van der Waals surface area contributed by atoms with Gasteiger partial charge in [0.25, 0.3) is 11.5 Å². The number of amides is 1. The van der Waals surface area contributed by atoms with Crippen LogP contribution in [0.2, 0.25) is 0 Å². The number of hydrogen-bond donors (Lipinski definition) is 1. The number of benzene rings is 1. The molecule has 0 saturated heterocycles. The lowest BCUT2D eigenvalue weighted by molar-refractivity contribution is 0.0998. The van der Waals surface area contributed by atoms with Crippen molar-refractivity contribution in [3.8, 4) is 5.69 Å². The second-order valence-corrected chi connectivity index (χ2v) is 4.67. The Morgan fingerprint density at radius 1 is 1.26 bits per heavy atom. The maximum atomic E-state index is 12.2. The summed E-state index contributed by atoms with van der Waals surface area (Å²) in [4.78, 5) is 23.6. The highest BCUT2D eigenvalue weighted by Crippen LogP contribution is 2.38. The minimum absolute atomic E-state index is 0.000697. The number of aromatic nitrogens is 2. The van der Waals surface area contributed by atoms with Crippen LogP contribution >= 0.6 is 0 Å². The Morgan fingerprint density at radius 3 is 2.53 bits per heavy atom. The van der Waals surface area contributed by atoms with Crippen LogP contribution in [-0.4, -0.2) is 15.7 Å². The fourth-order valence-electron chi connectivity index (χ4n) is 2.01. The van der Waals surface area contributed by atoms with E-state index in [-0.39, 0.29) is 5.56 Å². The number of nitrogens with zero attached hydrogens (tertiary/aromatic N) is 2. The predicted octanol–water partition coefficient (Wildman–Crippen LogP) is 1.21. The van der Waals surface area contributed by atoms with Crippen molar-refractivity contribution in [2.24, 2.45) is 5.73 Å². The summed E-state index contributed by atoms with van der Waals surface area (Å²) in [6.07, 6.45) is 2.08. The lowest BCUT2D eigenvalue weighted by Gasteiger charge is -2.08. The van der Waals surface area contributed by atoms with Gasteiger partial charge in [0.2, 0.25) is 0 Å². The minimum atomic E-state index is -0.709. The zero-order chi connectivity index (χ0) is 13.4. The second kappa shape index (κ2) is 4.35. The van der Waals surface area contributed by atoms with Gasteiger partial charge >= 0.3 is 0 Å². The average molecular weight is 255 g/mol. The van der Waals surface area contributed by atoms with Gasteiger partial charge < -0.3 is 5.73 Å². The average Bonchev–Trinajstić information content (AvgIpc) is 3.24. The van der Waals surface area contributed by atoms with Gasteiger partial charge in [0.1, 0.15) is 5.56 Å². The standard InChI is InChI=1S/C14H13N3O2/c15-13(18)11-8-12(9-6-7-9)16-17(14(11)19)10-4-2-1-3-5-10/h1-5,8-9H,6-7H2,(H2,15,18). The third kappa shape index (κ3) is 2.14. The lowest BCUT2D eigenvalue weighted by Crippen LogP contribution is -2.31. The van der Waals surface area contributed by atoms with Crippen molar-refractivity contribution < 1.29 is 4.79 Å². The fraction of sp³-hybridized carbons (Fsp3) is 0.214. The largest absolute Gasteiger partial charge is 0.365 e. The van der Waals surface area contributed by atoms with Gasteiger partial charge in [0.15, 0.2) is 0 Å². The van der Waals surface area contributed by atoms with Crippen LogP contribution in [-0.2, 0) is 0 Å². The first kappa shape index (κ1) is 11.6. The molecule has 0 spiro atoms. The number of primary amides is 1. The zero-order valence-electron chi connectivity index (χ0n) is 10.2. The van der Waals surface area contributed by atoms with Crippen LogP contribution in [0.15, 0.2) is 41.2 Å². The van der Waals surface area contributed by atoms with E-state index in [9.17, 15) is 9.59 Å². The number of nitrogens with two attached hydrogens (primary N) is 1. The summed E-state index contributed by atoms with van der Waals surface area (Å²) in [6, 6.07) is 10.6. The molecule has 1 aliphatic rings. The van der Waals surface area contributed by atoms with E-state index in [4.69, 9.17) is 5.73 Å². The van der Waals surface area contributed by atoms with Crippen LogP contribution in [0.4, 0.5) is 0 Å². The highest BCUT2D eigenvalue weighted by atomic mass is 16.2. The van der Waals surface area contributed by atoms with Crippen LogP contribution in [0.25, 0.3) is 5.69 Å². The molecule has 0 radical (unpaired) electrons. The van der Waals surface area contributed by atoms with Gasteiger partial charge in [-0.15, -0.1) is 0 Å². The Labute approximate surface area is 109 Å². The molecule has 1 fully saturated rings. The van der Waals surface area contributed by atoms with Gasteiger partial charge in [-0.05, 0) is 31.0 Å². The summed E-state index contributed by atoms with van der Waals surface area (Å²) >= 11 is 0. The van der Waals surface area contributed by atoms with Gasteiger partial charge in [-0.2, -0.15) is 9.78 Å². The molecular weight excluding hydrogens is 242 g/mol. The van der Waals surface area contributed by atoms with Crippen molar-refractivity contribution in [2.75, 3.05) is 0 Å². The van der Waals surface area contributed by atoms with Crippen LogP contribution in [0.5, 0.6) is 0 Å². The summed E-state index contributed by atoms with van der Waals surface area (Å²) in [5.74, 6) is -0.368. The number of para-hydroxylation sites is 1. The van der Waals surface area contributed by atoms with Crippen LogP contribution in [0.3, 0.4) is 0 Å². The molecule has 1 amide bonds. The summed E-state index contributed by atoms with van der Waals surface area (Å²) in [5, 5.41) is 4.34. The number of carbonyl (C=O) groups is 1. The van der Waals surface area contributed by atoms with Crippen molar-refractivity contribution in [2.45, 2.75) is 18.8 Å². The Balaban J connectivity index is 2.23. The highest BCUT2D eigenvalue weighted by Gasteiger charge is 2.27. The molecule has 1 aromatic carbocycles. The lowest BCUT2D eigenvalue weighted by atomic mass is 10.2. The fourth-order valence-corrected chi connectivity index (χ4v) is 2.01. The van der Waals surface area contributed by atoms with E-state index in [0.29, 0.717) is 11.6 Å². The molecule has 1 aliphatic carbocycles. The van der Waals surface area contributed by atoms with Crippen LogP contribution in [0, 0.1) is 0 Å². The molecule has 3 rings (SSSR count). The number of rotatable bonds is 3. The maximum absolute atomic E-state index is 12.2. The molecule has 2 aromatic rings. The Hall–Kier alpha value is -2.43. The molecule has 0 aliphatic heterocycles. The van der Waals surface area contributed by atoms with E-state index in [2.05, 4.69) is 5.10 Å². The molecule has 96 valence electrons. The molecule has 5 heteroatoms. The first-order chi connectivity index (χ1) is 9.16. The molecular formula is C14H13N3O2. The number of carbonyl (C=O) groups excluding carboxylic acids is 1. The SMILES string of the molecule is NC(=O)c1cc(C2CC2)nn(-c2ccccc2)c1=O. The first-order valence-corrected chi connectivity index (χ1v) is 6.16. The molecule has 0 atom stereocenters. The third-order valence-electron chi connectivity index (χ3n) is 3.19. The van der Waals surface area contributed by atoms with Gasteiger partial charge in [-0.1, -0.05) is 18.2 Å². The summed E-state index contributed by atoms with van der Waals surface area (Å²) in [6.45, 7) is 0.